The molecular weight excluding hydrogens is 198 g/mol. The highest BCUT2D eigenvalue weighted by Crippen LogP contribution is 2.20. The van der Waals surface area contributed by atoms with Gasteiger partial charge in [0.1, 0.15) is 11.9 Å². The van der Waals surface area contributed by atoms with Gasteiger partial charge < -0.3 is 4.90 Å². The van der Waals surface area contributed by atoms with Gasteiger partial charge in [0.25, 0.3) is 0 Å². The molecule has 1 aromatic rings. The van der Waals surface area contributed by atoms with Crippen molar-refractivity contribution in [1.29, 1.82) is 5.26 Å². The fourth-order valence-corrected chi connectivity index (χ4v) is 1.68. The Balaban J connectivity index is 3.00. The van der Waals surface area contributed by atoms with Gasteiger partial charge >= 0.3 is 0 Å². The van der Waals surface area contributed by atoms with Crippen molar-refractivity contribution >= 4 is 5.82 Å². The summed E-state index contributed by atoms with van der Waals surface area (Å²) in [5.41, 5.74) is 1.71. The summed E-state index contributed by atoms with van der Waals surface area (Å²) < 4.78 is 0. The van der Waals surface area contributed by atoms with Crippen LogP contribution in [0, 0.1) is 18.3 Å². The molecule has 1 rings (SSSR count). The van der Waals surface area contributed by atoms with E-state index in [9.17, 15) is 0 Å². The highest BCUT2D eigenvalue weighted by molar-refractivity contribution is 5.57. The van der Waals surface area contributed by atoms with Gasteiger partial charge in [-0.15, -0.1) is 0 Å². The minimum atomic E-state index is 0.709. The normalized spacial score (nSPS) is 9.88. The van der Waals surface area contributed by atoms with E-state index in [1.54, 1.807) is 6.20 Å². The van der Waals surface area contributed by atoms with Crippen LogP contribution in [0.4, 0.5) is 5.82 Å². The maximum absolute atomic E-state index is 9.15. The van der Waals surface area contributed by atoms with E-state index in [1.165, 1.54) is 0 Å². The molecule has 0 spiro atoms. The molecule has 0 saturated carbocycles. The van der Waals surface area contributed by atoms with Gasteiger partial charge in [0.15, 0.2) is 0 Å². The molecule has 0 fully saturated rings. The minimum absolute atomic E-state index is 0.709. The van der Waals surface area contributed by atoms with Crippen molar-refractivity contribution in [2.24, 2.45) is 0 Å². The van der Waals surface area contributed by atoms with Crippen molar-refractivity contribution < 1.29 is 0 Å². The Bertz CT molecular complexity index is 379. The van der Waals surface area contributed by atoms with Crippen LogP contribution in [0.2, 0.25) is 0 Å². The maximum Gasteiger partial charge on any atom is 0.146 e. The first kappa shape index (κ1) is 12.5. The van der Waals surface area contributed by atoms with Crippen LogP contribution in [0.1, 0.15) is 37.8 Å². The smallest absolute Gasteiger partial charge is 0.146 e. The van der Waals surface area contributed by atoms with E-state index in [0.29, 0.717) is 5.56 Å². The monoisotopic (exact) mass is 217 g/mol. The molecule has 0 saturated heterocycles. The van der Waals surface area contributed by atoms with Crippen molar-refractivity contribution in [1.82, 2.24) is 4.98 Å². The van der Waals surface area contributed by atoms with Gasteiger partial charge in [0, 0.05) is 19.3 Å². The molecule has 3 heteroatoms. The Morgan fingerprint density at radius 3 is 2.75 bits per heavy atom. The fraction of sp³-hybridized carbons (Fsp3) is 0.538. The number of rotatable bonds is 5. The van der Waals surface area contributed by atoms with Crippen molar-refractivity contribution in [3.63, 3.8) is 0 Å². The van der Waals surface area contributed by atoms with Gasteiger partial charge in [0.05, 0.1) is 5.56 Å². The number of hydrogen-bond donors (Lipinski definition) is 0. The lowest BCUT2D eigenvalue weighted by atomic mass is 10.1. The average Bonchev–Trinajstić information content (AvgIpc) is 2.30. The molecule has 0 bridgehead atoms. The molecule has 0 N–H and O–H groups in total. The van der Waals surface area contributed by atoms with Crippen LogP contribution in [0.5, 0.6) is 0 Å². The second kappa shape index (κ2) is 6.12. The number of aryl methyl sites for hydroxylation is 1. The number of nitriles is 1. The van der Waals surface area contributed by atoms with Crippen LogP contribution in [-0.2, 0) is 0 Å². The molecule has 16 heavy (non-hydrogen) atoms. The number of anilines is 1. The molecule has 1 heterocycles. The van der Waals surface area contributed by atoms with E-state index in [1.807, 2.05) is 13.0 Å². The first-order valence-electron chi connectivity index (χ1n) is 5.85. The molecule has 0 aliphatic carbocycles. The standard InChI is InChI=1S/C13H19N3/c1-4-6-9-16(5-2)13-12(10-14)11(3)7-8-15-13/h7-8H,4-6,9H2,1-3H3. The lowest BCUT2D eigenvalue weighted by Crippen LogP contribution is -2.26. The van der Waals surface area contributed by atoms with Gasteiger partial charge in [-0.3, -0.25) is 0 Å². The Morgan fingerprint density at radius 2 is 2.19 bits per heavy atom. The van der Waals surface area contributed by atoms with Crippen molar-refractivity contribution in [3.05, 3.63) is 23.4 Å². The summed E-state index contributed by atoms with van der Waals surface area (Å²) in [5, 5.41) is 9.15. The molecule has 0 radical (unpaired) electrons. The number of hydrogen-bond acceptors (Lipinski definition) is 3. The summed E-state index contributed by atoms with van der Waals surface area (Å²) in [7, 11) is 0. The van der Waals surface area contributed by atoms with E-state index in [-0.39, 0.29) is 0 Å². The predicted octanol–water partition coefficient (Wildman–Crippen LogP) is 2.89. The van der Waals surface area contributed by atoms with E-state index in [4.69, 9.17) is 5.26 Å². The molecule has 0 aromatic carbocycles. The first-order chi connectivity index (χ1) is 7.74. The van der Waals surface area contributed by atoms with Gasteiger partial charge in [-0.05, 0) is 31.9 Å². The molecular formula is C13H19N3. The summed E-state index contributed by atoms with van der Waals surface area (Å²) in [5.74, 6) is 0.832. The average molecular weight is 217 g/mol. The number of pyridine rings is 1. The lowest BCUT2D eigenvalue weighted by Gasteiger charge is -2.23. The Hall–Kier alpha value is -1.56. The Labute approximate surface area is 97.7 Å². The lowest BCUT2D eigenvalue weighted by molar-refractivity contribution is 0.723. The van der Waals surface area contributed by atoms with E-state index in [0.717, 1.165) is 37.3 Å². The van der Waals surface area contributed by atoms with Gasteiger partial charge in [0.2, 0.25) is 0 Å². The summed E-state index contributed by atoms with van der Waals surface area (Å²) in [6.45, 7) is 8.09. The number of unbranched alkanes of at least 4 members (excludes halogenated alkanes) is 1. The molecule has 1 aromatic heterocycles. The topological polar surface area (TPSA) is 39.9 Å². The van der Waals surface area contributed by atoms with Crippen molar-refractivity contribution in [3.8, 4) is 6.07 Å². The van der Waals surface area contributed by atoms with Crippen LogP contribution in [0.15, 0.2) is 12.3 Å². The van der Waals surface area contributed by atoms with Crippen LogP contribution in [-0.4, -0.2) is 18.1 Å². The van der Waals surface area contributed by atoms with Gasteiger partial charge in [-0.25, -0.2) is 4.98 Å². The second-order valence-corrected chi connectivity index (χ2v) is 3.87. The molecule has 0 atom stereocenters. The SMILES string of the molecule is CCCCN(CC)c1nccc(C)c1C#N. The number of nitrogens with zero attached hydrogens (tertiary/aromatic N) is 3. The predicted molar refractivity (Wildman–Crippen MR) is 66.5 cm³/mol. The van der Waals surface area contributed by atoms with Crippen LogP contribution in [0.3, 0.4) is 0 Å². The van der Waals surface area contributed by atoms with Gasteiger partial charge in [-0.2, -0.15) is 5.26 Å². The largest absolute Gasteiger partial charge is 0.356 e. The Morgan fingerprint density at radius 1 is 1.44 bits per heavy atom. The molecule has 0 aliphatic rings. The zero-order valence-electron chi connectivity index (χ0n) is 10.3. The molecule has 0 aliphatic heterocycles. The summed E-state index contributed by atoms with van der Waals surface area (Å²) in [6.07, 6.45) is 4.07. The van der Waals surface area contributed by atoms with E-state index >= 15 is 0 Å². The first-order valence-corrected chi connectivity index (χ1v) is 5.85. The van der Waals surface area contributed by atoms with Gasteiger partial charge in [-0.1, -0.05) is 13.3 Å². The van der Waals surface area contributed by atoms with Crippen LogP contribution < -0.4 is 4.90 Å². The highest BCUT2D eigenvalue weighted by Gasteiger charge is 2.12. The second-order valence-electron chi connectivity index (χ2n) is 3.87. The number of aromatic nitrogens is 1. The molecule has 3 nitrogen and oxygen atoms in total. The summed E-state index contributed by atoms with van der Waals surface area (Å²) >= 11 is 0. The Kier molecular flexibility index (Phi) is 4.78. The quantitative estimate of drug-likeness (QED) is 0.761. The minimum Gasteiger partial charge on any atom is -0.356 e. The van der Waals surface area contributed by atoms with E-state index < -0.39 is 0 Å². The summed E-state index contributed by atoms with van der Waals surface area (Å²) in [6, 6.07) is 4.14. The molecule has 86 valence electrons. The van der Waals surface area contributed by atoms with Crippen LogP contribution in [0.25, 0.3) is 0 Å². The zero-order valence-corrected chi connectivity index (χ0v) is 10.3. The zero-order chi connectivity index (χ0) is 12.0. The van der Waals surface area contributed by atoms with Crippen molar-refractivity contribution in [2.45, 2.75) is 33.6 Å². The van der Waals surface area contributed by atoms with Crippen molar-refractivity contribution in [2.75, 3.05) is 18.0 Å². The third-order valence-electron chi connectivity index (χ3n) is 2.71. The molecule has 0 amide bonds. The highest BCUT2D eigenvalue weighted by atomic mass is 15.2. The fourth-order valence-electron chi connectivity index (χ4n) is 1.68. The van der Waals surface area contributed by atoms with Crippen LogP contribution >= 0.6 is 0 Å². The third-order valence-corrected chi connectivity index (χ3v) is 2.71. The molecule has 0 unspecified atom stereocenters. The third kappa shape index (κ3) is 2.73. The van der Waals surface area contributed by atoms with E-state index in [2.05, 4.69) is 29.8 Å². The summed E-state index contributed by atoms with van der Waals surface area (Å²) in [4.78, 5) is 6.51. The maximum atomic E-state index is 9.15.